The largest absolute Gasteiger partial charge is 0.496 e. The zero-order valence-electron chi connectivity index (χ0n) is 18.3. The fourth-order valence-corrected chi connectivity index (χ4v) is 4.70. The summed E-state index contributed by atoms with van der Waals surface area (Å²) in [4.78, 5) is 30.0. The zero-order valence-corrected chi connectivity index (χ0v) is 21.3. The number of rotatable bonds is 4. The normalized spacial score (nSPS) is 15.4. The van der Waals surface area contributed by atoms with E-state index in [-0.39, 0.29) is 10.7 Å². The highest BCUT2D eigenvalue weighted by Crippen LogP contribution is 2.31. The molecule has 0 atom stereocenters. The van der Waals surface area contributed by atoms with E-state index in [2.05, 4.69) is 22.6 Å². The second-order valence-corrected chi connectivity index (χ2v) is 9.15. The van der Waals surface area contributed by atoms with Gasteiger partial charge in [0.15, 0.2) is 5.11 Å². The van der Waals surface area contributed by atoms with Gasteiger partial charge in [0.05, 0.1) is 22.1 Å². The predicted molar refractivity (Wildman–Crippen MR) is 144 cm³/mol. The highest BCUT2D eigenvalue weighted by Gasteiger charge is 2.41. The first kappa shape index (κ1) is 23.1. The van der Waals surface area contributed by atoms with Gasteiger partial charge in [-0.05, 0) is 108 Å². The van der Waals surface area contributed by atoms with E-state index in [1.165, 1.54) is 9.80 Å². The SMILES string of the molecule is COc1ccc(/C=C2\C(=O)N(c3ccccc3)C(=S)N(c3ccc(C)c(C)c3)C2=O)cc1I. The first-order valence-electron chi connectivity index (χ1n) is 10.2. The van der Waals surface area contributed by atoms with Crippen LogP contribution in [0.4, 0.5) is 11.4 Å². The molecule has 0 aliphatic carbocycles. The van der Waals surface area contributed by atoms with Crippen LogP contribution in [-0.4, -0.2) is 24.0 Å². The predicted octanol–water partition coefficient (Wildman–Crippen LogP) is 5.66. The van der Waals surface area contributed by atoms with Crippen LogP contribution in [-0.2, 0) is 9.59 Å². The maximum atomic E-state index is 13.6. The average molecular weight is 568 g/mol. The molecule has 7 heteroatoms. The number of ether oxygens (including phenoxy) is 1. The molecule has 2 amide bonds. The molecule has 0 N–H and O–H groups in total. The number of carbonyl (C=O) groups is 2. The molecule has 4 rings (SSSR count). The summed E-state index contributed by atoms with van der Waals surface area (Å²) >= 11 is 7.84. The number of para-hydroxylation sites is 1. The topological polar surface area (TPSA) is 49.9 Å². The first-order valence-corrected chi connectivity index (χ1v) is 11.7. The molecule has 3 aromatic carbocycles. The maximum Gasteiger partial charge on any atom is 0.270 e. The van der Waals surface area contributed by atoms with Gasteiger partial charge in [-0.3, -0.25) is 19.4 Å². The number of hydrogen-bond donors (Lipinski definition) is 0. The number of anilines is 2. The number of nitrogens with zero attached hydrogens (tertiary/aromatic N) is 2. The van der Waals surface area contributed by atoms with Crippen molar-refractivity contribution in [3.8, 4) is 5.75 Å². The number of amides is 2. The number of carbonyl (C=O) groups excluding carboxylic acids is 2. The van der Waals surface area contributed by atoms with Gasteiger partial charge in [-0.1, -0.05) is 30.3 Å². The average Bonchev–Trinajstić information content (AvgIpc) is 2.80. The molecule has 3 aromatic rings. The van der Waals surface area contributed by atoms with Gasteiger partial charge < -0.3 is 4.74 Å². The summed E-state index contributed by atoms with van der Waals surface area (Å²) in [7, 11) is 1.60. The van der Waals surface area contributed by atoms with E-state index in [9.17, 15) is 9.59 Å². The fraction of sp³-hybridized carbons (Fsp3) is 0.115. The molecule has 0 aromatic heterocycles. The molecule has 0 saturated carbocycles. The number of aryl methyl sites for hydroxylation is 2. The van der Waals surface area contributed by atoms with Crippen LogP contribution >= 0.6 is 34.8 Å². The molecule has 1 saturated heterocycles. The third-order valence-electron chi connectivity index (χ3n) is 5.50. The van der Waals surface area contributed by atoms with Crippen molar-refractivity contribution in [2.24, 2.45) is 0 Å². The number of hydrogen-bond acceptors (Lipinski definition) is 4. The molecule has 0 spiro atoms. The highest BCUT2D eigenvalue weighted by atomic mass is 127. The Balaban J connectivity index is 1.87. The Bertz CT molecular complexity index is 1300. The molecule has 0 unspecified atom stereocenters. The quantitative estimate of drug-likeness (QED) is 0.176. The van der Waals surface area contributed by atoms with Crippen molar-refractivity contribution in [1.82, 2.24) is 0 Å². The Hall–Kier alpha value is -3.04. The van der Waals surface area contributed by atoms with Crippen molar-refractivity contribution in [3.05, 3.63) is 92.6 Å². The molecule has 1 fully saturated rings. The lowest BCUT2D eigenvalue weighted by Gasteiger charge is -2.36. The van der Waals surface area contributed by atoms with Crippen LogP contribution in [0.5, 0.6) is 5.75 Å². The Labute approximate surface area is 211 Å². The van der Waals surface area contributed by atoms with Crippen molar-refractivity contribution in [3.63, 3.8) is 0 Å². The third kappa shape index (κ3) is 4.43. The van der Waals surface area contributed by atoms with E-state index in [0.717, 1.165) is 26.0 Å². The second kappa shape index (κ2) is 9.44. The van der Waals surface area contributed by atoms with Crippen molar-refractivity contribution in [2.75, 3.05) is 16.9 Å². The van der Waals surface area contributed by atoms with Crippen LogP contribution in [0.3, 0.4) is 0 Å². The lowest BCUT2D eigenvalue weighted by Crippen LogP contribution is -2.57. The summed E-state index contributed by atoms with van der Waals surface area (Å²) in [6.45, 7) is 3.98. The molecule has 1 aliphatic rings. The van der Waals surface area contributed by atoms with Gasteiger partial charge in [0.2, 0.25) is 0 Å². The van der Waals surface area contributed by atoms with Crippen molar-refractivity contribution < 1.29 is 14.3 Å². The summed E-state index contributed by atoms with van der Waals surface area (Å²) in [5, 5.41) is 0.126. The molecule has 1 aliphatic heterocycles. The first-order chi connectivity index (χ1) is 15.8. The Morgan fingerprint density at radius 1 is 0.848 bits per heavy atom. The van der Waals surface area contributed by atoms with E-state index in [1.807, 2.05) is 68.4 Å². The van der Waals surface area contributed by atoms with Gasteiger partial charge in [0, 0.05) is 0 Å². The molecule has 1 heterocycles. The monoisotopic (exact) mass is 568 g/mol. The third-order valence-corrected chi connectivity index (χ3v) is 6.71. The minimum atomic E-state index is -0.456. The van der Waals surface area contributed by atoms with Gasteiger partial charge in [-0.15, -0.1) is 0 Å². The summed E-state index contributed by atoms with van der Waals surface area (Å²) in [6.07, 6.45) is 1.61. The summed E-state index contributed by atoms with van der Waals surface area (Å²) in [5.74, 6) is -0.184. The van der Waals surface area contributed by atoms with E-state index in [4.69, 9.17) is 17.0 Å². The summed E-state index contributed by atoms with van der Waals surface area (Å²) in [6, 6.07) is 20.3. The second-order valence-electron chi connectivity index (χ2n) is 7.62. The smallest absolute Gasteiger partial charge is 0.270 e. The van der Waals surface area contributed by atoms with Gasteiger partial charge in [0.25, 0.3) is 11.8 Å². The van der Waals surface area contributed by atoms with Crippen LogP contribution in [0.1, 0.15) is 16.7 Å². The van der Waals surface area contributed by atoms with Gasteiger partial charge in [-0.2, -0.15) is 0 Å². The lowest BCUT2D eigenvalue weighted by atomic mass is 10.0. The molecule has 5 nitrogen and oxygen atoms in total. The van der Waals surface area contributed by atoms with E-state index in [0.29, 0.717) is 11.4 Å². The Morgan fingerprint density at radius 2 is 1.52 bits per heavy atom. The van der Waals surface area contributed by atoms with Crippen LogP contribution in [0, 0.1) is 17.4 Å². The van der Waals surface area contributed by atoms with Crippen LogP contribution < -0.4 is 14.5 Å². The minimum Gasteiger partial charge on any atom is -0.496 e. The standard InChI is InChI=1S/C26H21IN2O3S/c1-16-9-11-20(13-17(16)2)29-25(31)21(14-18-10-12-23(32-3)22(27)15-18)24(30)28(26(29)33)19-7-5-4-6-8-19/h4-15H,1-3H3/b21-14+. The van der Waals surface area contributed by atoms with Gasteiger partial charge in [-0.25, -0.2) is 0 Å². The molecule has 166 valence electrons. The van der Waals surface area contributed by atoms with E-state index >= 15 is 0 Å². The molecular formula is C26H21IN2O3S. The fourth-order valence-electron chi connectivity index (χ4n) is 3.57. The van der Waals surface area contributed by atoms with Crippen LogP contribution in [0.2, 0.25) is 0 Å². The van der Waals surface area contributed by atoms with Crippen molar-refractivity contribution in [2.45, 2.75) is 13.8 Å². The molecular weight excluding hydrogens is 547 g/mol. The van der Waals surface area contributed by atoms with Gasteiger partial charge >= 0.3 is 0 Å². The zero-order chi connectivity index (χ0) is 23.7. The summed E-state index contributed by atoms with van der Waals surface area (Å²) < 4.78 is 6.20. The summed E-state index contributed by atoms with van der Waals surface area (Å²) in [5.41, 5.74) is 4.11. The van der Waals surface area contributed by atoms with E-state index < -0.39 is 11.8 Å². The maximum absolute atomic E-state index is 13.6. The van der Waals surface area contributed by atoms with E-state index in [1.54, 1.807) is 25.3 Å². The number of methoxy groups -OCH3 is 1. The van der Waals surface area contributed by atoms with Crippen LogP contribution in [0.15, 0.2) is 72.3 Å². The molecule has 0 radical (unpaired) electrons. The molecule has 0 bridgehead atoms. The highest BCUT2D eigenvalue weighted by molar-refractivity contribution is 14.1. The van der Waals surface area contributed by atoms with Gasteiger partial charge in [0.1, 0.15) is 11.3 Å². The van der Waals surface area contributed by atoms with Crippen molar-refractivity contribution >= 4 is 69.2 Å². The Kier molecular flexibility index (Phi) is 6.62. The minimum absolute atomic E-state index is 0.0339. The lowest BCUT2D eigenvalue weighted by molar-refractivity contribution is -0.120. The number of thiocarbonyl (C=S) groups is 1. The van der Waals surface area contributed by atoms with Crippen LogP contribution in [0.25, 0.3) is 6.08 Å². The molecule has 33 heavy (non-hydrogen) atoms. The number of benzene rings is 3. The Morgan fingerprint density at radius 3 is 2.12 bits per heavy atom. The van der Waals surface area contributed by atoms with Crippen molar-refractivity contribution in [1.29, 1.82) is 0 Å². The number of halogens is 1.